The van der Waals surface area contributed by atoms with Crippen molar-refractivity contribution in [2.45, 2.75) is 63.2 Å². The van der Waals surface area contributed by atoms with E-state index in [9.17, 15) is 4.39 Å². The molecule has 0 bridgehead atoms. The molecule has 1 aliphatic heterocycles. The van der Waals surface area contributed by atoms with Gasteiger partial charge in [0.25, 0.3) is 0 Å². The predicted octanol–water partition coefficient (Wildman–Crippen LogP) is 3.20. The van der Waals surface area contributed by atoms with Crippen LogP contribution in [0, 0.1) is 5.82 Å². The van der Waals surface area contributed by atoms with Gasteiger partial charge in [0.15, 0.2) is 11.6 Å². The molecule has 1 saturated carbocycles. The third-order valence-corrected chi connectivity index (χ3v) is 4.59. The van der Waals surface area contributed by atoms with E-state index < -0.39 is 0 Å². The smallest absolute Gasteiger partial charge is 0.165 e. The molecular weight excluding hydrogens is 269 g/mol. The van der Waals surface area contributed by atoms with Crippen molar-refractivity contribution in [3.8, 4) is 5.75 Å². The first kappa shape index (κ1) is 14.8. The van der Waals surface area contributed by atoms with E-state index in [0.29, 0.717) is 18.8 Å². The molecule has 2 atom stereocenters. The normalized spacial score (nSPS) is 25.4. The molecule has 1 heterocycles. The van der Waals surface area contributed by atoms with Crippen LogP contribution in [0.4, 0.5) is 4.39 Å². The van der Waals surface area contributed by atoms with Gasteiger partial charge < -0.3 is 15.2 Å². The fourth-order valence-corrected chi connectivity index (χ4v) is 3.36. The van der Waals surface area contributed by atoms with Gasteiger partial charge in [-0.25, -0.2) is 4.39 Å². The minimum absolute atomic E-state index is 0.00942. The lowest BCUT2D eigenvalue weighted by Crippen LogP contribution is -2.48. The first-order valence-electron chi connectivity index (χ1n) is 7.92. The Morgan fingerprint density at radius 2 is 2.29 bits per heavy atom. The van der Waals surface area contributed by atoms with E-state index >= 15 is 0 Å². The fourth-order valence-electron chi connectivity index (χ4n) is 3.36. The van der Waals surface area contributed by atoms with Gasteiger partial charge in [-0.1, -0.05) is 12.1 Å². The number of benzene rings is 1. The molecule has 2 N–H and O–H groups in total. The molecule has 2 unspecified atom stereocenters. The maximum absolute atomic E-state index is 14.1. The maximum Gasteiger partial charge on any atom is 0.165 e. The zero-order valence-corrected chi connectivity index (χ0v) is 12.6. The average Bonchev–Trinajstić information content (AvgIpc) is 2.41. The van der Waals surface area contributed by atoms with Gasteiger partial charge in [-0.15, -0.1) is 0 Å². The Morgan fingerprint density at radius 3 is 2.95 bits per heavy atom. The summed E-state index contributed by atoms with van der Waals surface area (Å²) in [5, 5.41) is 0. The van der Waals surface area contributed by atoms with E-state index in [1.54, 1.807) is 6.07 Å². The summed E-state index contributed by atoms with van der Waals surface area (Å²) in [6.07, 6.45) is 5.81. The van der Waals surface area contributed by atoms with Crippen molar-refractivity contribution >= 4 is 0 Å². The van der Waals surface area contributed by atoms with Crippen molar-refractivity contribution in [3.63, 3.8) is 0 Å². The molecule has 0 aromatic heterocycles. The number of nitrogens with two attached hydrogens (primary N) is 1. The Morgan fingerprint density at radius 1 is 1.48 bits per heavy atom. The number of ether oxygens (including phenoxy) is 2. The van der Waals surface area contributed by atoms with Crippen LogP contribution in [0.2, 0.25) is 0 Å². The van der Waals surface area contributed by atoms with E-state index in [2.05, 4.69) is 0 Å². The summed E-state index contributed by atoms with van der Waals surface area (Å²) in [7, 11) is 0. The van der Waals surface area contributed by atoms with E-state index in [4.69, 9.17) is 15.2 Å². The standard InChI is InChI=1S/C17H24FNO2/c1-12(19)10-13-4-2-5-15(18)16(13)21-14-6-9-20-17(11-14)7-3-8-17/h2,4-5,12,14H,3,6-11,19H2,1H3. The minimum atomic E-state index is -0.290. The van der Waals surface area contributed by atoms with Gasteiger partial charge in [-0.2, -0.15) is 0 Å². The van der Waals surface area contributed by atoms with Gasteiger partial charge in [0.1, 0.15) is 6.10 Å². The highest BCUT2D eigenvalue weighted by molar-refractivity contribution is 5.36. The Kier molecular flexibility index (Phi) is 4.18. The highest BCUT2D eigenvalue weighted by atomic mass is 19.1. The number of hydrogen-bond donors (Lipinski definition) is 1. The Balaban J connectivity index is 1.74. The zero-order valence-electron chi connectivity index (χ0n) is 12.6. The molecule has 4 heteroatoms. The lowest BCUT2D eigenvalue weighted by Gasteiger charge is -2.47. The monoisotopic (exact) mass is 293 g/mol. The van der Waals surface area contributed by atoms with E-state index in [0.717, 1.165) is 31.2 Å². The second kappa shape index (κ2) is 5.93. The fraction of sp³-hybridized carbons (Fsp3) is 0.647. The van der Waals surface area contributed by atoms with Crippen molar-refractivity contribution < 1.29 is 13.9 Å². The molecule has 1 aromatic rings. The van der Waals surface area contributed by atoms with E-state index in [-0.39, 0.29) is 23.6 Å². The molecule has 0 amide bonds. The lowest BCUT2D eigenvalue weighted by atomic mass is 9.74. The summed E-state index contributed by atoms with van der Waals surface area (Å²) in [5.74, 6) is 0.0958. The number of rotatable bonds is 4. The van der Waals surface area contributed by atoms with Crippen molar-refractivity contribution in [1.82, 2.24) is 0 Å². The van der Waals surface area contributed by atoms with Crippen LogP contribution in [-0.4, -0.2) is 24.4 Å². The largest absolute Gasteiger partial charge is 0.487 e. The average molecular weight is 293 g/mol. The summed E-state index contributed by atoms with van der Waals surface area (Å²) in [4.78, 5) is 0. The van der Waals surface area contributed by atoms with Gasteiger partial charge in [-0.05, 0) is 44.2 Å². The molecule has 3 nitrogen and oxygen atoms in total. The molecule has 0 radical (unpaired) electrons. The number of hydrogen-bond acceptors (Lipinski definition) is 3. The summed E-state index contributed by atoms with van der Waals surface area (Å²) in [6.45, 7) is 2.63. The second-order valence-electron chi connectivity index (χ2n) is 6.53. The Labute approximate surface area is 125 Å². The molecule has 1 spiro atoms. The summed E-state index contributed by atoms with van der Waals surface area (Å²) < 4.78 is 26.1. The highest BCUT2D eigenvalue weighted by Crippen LogP contribution is 2.43. The topological polar surface area (TPSA) is 44.5 Å². The first-order valence-corrected chi connectivity index (χ1v) is 7.92. The number of para-hydroxylation sites is 1. The van der Waals surface area contributed by atoms with Crippen molar-refractivity contribution in [3.05, 3.63) is 29.6 Å². The Bertz CT molecular complexity index is 500. The first-order chi connectivity index (χ1) is 10.1. The SMILES string of the molecule is CC(N)Cc1cccc(F)c1OC1CCOC2(CCC2)C1. The van der Waals surface area contributed by atoms with Crippen LogP contribution in [0.3, 0.4) is 0 Å². The third-order valence-electron chi connectivity index (χ3n) is 4.59. The van der Waals surface area contributed by atoms with Gasteiger partial charge in [0.05, 0.1) is 12.2 Å². The molecular formula is C17H24FNO2. The van der Waals surface area contributed by atoms with Crippen molar-refractivity contribution in [2.75, 3.05) is 6.61 Å². The highest BCUT2D eigenvalue weighted by Gasteiger charge is 2.43. The summed E-state index contributed by atoms with van der Waals surface area (Å²) in [5.41, 5.74) is 6.72. The third kappa shape index (κ3) is 3.22. The number of halogens is 1. The molecule has 1 saturated heterocycles. The van der Waals surface area contributed by atoms with Crippen LogP contribution >= 0.6 is 0 Å². The zero-order chi connectivity index (χ0) is 14.9. The van der Waals surface area contributed by atoms with E-state index in [1.807, 2.05) is 13.0 Å². The van der Waals surface area contributed by atoms with Gasteiger partial charge in [0, 0.05) is 18.9 Å². The van der Waals surface area contributed by atoms with Crippen LogP contribution in [0.5, 0.6) is 5.75 Å². The molecule has 1 aliphatic carbocycles. The Hall–Kier alpha value is -1.13. The van der Waals surface area contributed by atoms with Crippen LogP contribution < -0.4 is 10.5 Å². The summed E-state index contributed by atoms with van der Waals surface area (Å²) >= 11 is 0. The molecule has 2 aliphatic rings. The summed E-state index contributed by atoms with van der Waals surface area (Å²) in [6, 6.07) is 5.07. The minimum Gasteiger partial charge on any atom is -0.487 e. The maximum atomic E-state index is 14.1. The predicted molar refractivity (Wildman–Crippen MR) is 79.9 cm³/mol. The van der Waals surface area contributed by atoms with Gasteiger partial charge in [-0.3, -0.25) is 0 Å². The molecule has 116 valence electrons. The molecule has 3 rings (SSSR count). The van der Waals surface area contributed by atoms with Crippen LogP contribution in [0.15, 0.2) is 18.2 Å². The molecule has 2 fully saturated rings. The van der Waals surface area contributed by atoms with Gasteiger partial charge in [0.2, 0.25) is 0 Å². The molecule has 21 heavy (non-hydrogen) atoms. The van der Waals surface area contributed by atoms with Gasteiger partial charge >= 0.3 is 0 Å². The van der Waals surface area contributed by atoms with Crippen LogP contribution in [0.25, 0.3) is 0 Å². The molecule has 1 aromatic carbocycles. The van der Waals surface area contributed by atoms with Crippen molar-refractivity contribution in [1.29, 1.82) is 0 Å². The quantitative estimate of drug-likeness (QED) is 0.927. The van der Waals surface area contributed by atoms with Crippen LogP contribution in [-0.2, 0) is 11.2 Å². The van der Waals surface area contributed by atoms with E-state index in [1.165, 1.54) is 12.5 Å². The van der Waals surface area contributed by atoms with Crippen molar-refractivity contribution in [2.24, 2.45) is 5.73 Å². The lowest BCUT2D eigenvalue weighted by molar-refractivity contribution is -0.154. The second-order valence-corrected chi connectivity index (χ2v) is 6.53. The van der Waals surface area contributed by atoms with Crippen LogP contribution in [0.1, 0.15) is 44.6 Å².